The fourth-order valence-electron chi connectivity index (χ4n) is 3.14. The monoisotopic (exact) mass is 412 g/mol. The van der Waals surface area contributed by atoms with E-state index < -0.39 is 8.32 Å². The van der Waals surface area contributed by atoms with Crippen LogP contribution in [-0.2, 0) is 18.6 Å². The second-order valence-electron chi connectivity index (χ2n) is 7.48. The van der Waals surface area contributed by atoms with E-state index in [1.165, 1.54) is 0 Å². The lowest BCUT2D eigenvalue weighted by Gasteiger charge is -2.33. The van der Waals surface area contributed by atoms with Gasteiger partial charge in [-0.05, 0) is 85.9 Å². The van der Waals surface area contributed by atoms with Crippen molar-refractivity contribution >= 4 is 8.32 Å². The second-order valence-corrected chi connectivity index (χ2v) is 11.6. The Labute approximate surface area is 175 Å². The first-order chi connectivity index (χ1) is 13.4. The van der Waals surface area contributed by atoms with E-state index in [0.717, 1.165) is 44.0 Å². The van der Waals surface area contributed by atoms with Gasteiger partial charge in [0.2, 0.25) is 0 Å². The molecule has 164 valence electrons. The van der Waals surface area contributed by atoms with Crippen molar-refractivity contribution in [3.05, 3.63) is 37.0 Å². The van der Waals surface area contributed by atoms with Gasteiger partial charge in [0.25, 0.3) is 0 Å². The summed E-state index contributed by atoms with van der Waals surface area (Å²) in [5.41, 5.74) is 0. The topological polar surface area (TPSA) is 36.9 Å². The Morgan fingerprint density at radius 3 is 1.21 bits per heavy atom. The van der Waals surface area contributed by atoms with Crippen LogP contribution in [0.15, 0.2) is 37.0 Å². The third-order valence-corrected chi connectivity index (χ3v) is 9.31. The Balaban J connectivity index is 5.05. The van der Waals surface area contributed by atoms with Crippen molar-refractivity contribution in [1.29, 1.82) is 0 Å². The Morgan fingerprint density at radius 1 is 0.643 bits per heavy atom. The van der Waals surface area contributed by atoms with E-state index in [9.17, 15) is 0 Å². The molecule has 0 spiro atoms. The molecule has 0 bridgehead atoms. The van der Waals surface area contributed by atoms with Crippen molar-refractivity contribution in [1.82, 2.24) is 0 Å². The molecule has 0 aliphatic heterocycles. The standard InChI is InChI=1S/C23H44O4Si/c1-8-15-24-21(5)12-18-28(27-11-4,19-13-22(6)25-16-9-2)20-14-23(7)26-17-10-3/h8-10,15-17,21-23H,11-14,18-20H2,1-7H3. The van der Waals surface area contributed by atoms with Crippen molar-refractivity contribution < 1.29 is 18.6 Å². The molecular weight excluding hydrogens is 368 g/mol. The molecule has 0 rings (SSSR count). The predicted octanol–water partition coefficient (Wildman–Crippen LogP) is 6.95. The molecule has 0 aromatic rings. The van der Waals surface area contributed by atoms with E-state index in [-0.39, 0.29) is 18.3 Å². The molecule has 3 atom stereocenters. The lowest BCUT2D eigenvalue weighted by molar-refractivity contribution is 0.147. The maximum absolute atomic E-state index is 6.51. The van der Waals surface area contributed by atoms with Crippen LogP contribution in [0.4, 0.5) is 0 Å². The Kier molecular flexibility index (Phi) is 16.0. The molecule has 0 aromatic heterocycles. The summed E-state index contributed by atoms with van der Waals surface area (Å²) in [7, 11) is -1.91. The van der Waals surface area contributed by atoms with E-state index in [4.69, 9.17) is 18.6 Å². The molecule has 3 unspecified atom stereocenters. The maximum atomic E-state index is 6.51. The summed E-state index contributed by atoms with van der Waals surface area (Å²) in [6, 6.07) is 3.31. The maximum Gasteiger partial charge on any atom is 0.193 e. The largest absolute Gasteiger partial charge is 0.499 e. The van der Waals surface area contributed by atoms with Gasteiger partial charge in [-0.2, -0.15) is 0 Å². The fourth-order valence-corrected chi connectivity index (χ4v) is 7.73. The summed E-state index contributed by atoms with van der Waals surface area (Å²) in [6.45, 7) is 15.2. The van der Waals surface area contributed by atoms with E-state index >= 15 is 0 Å². The van der Waals surface area contributed by atoms with Gasteiger partial charge in [0.1, 0.15) is 0 Å². The Morgan fingerprint density at radius 2 is 0.964 bits per heavy atom. The molecule has 0 saturated heterocycles. The van der Waals surface area contributed by atoms with Gasteiger partial charge in [-0.1, -0.05) is 18.2 Å². The Bertz CT molecular complexity index is 388. The van der Waals surface area contributed by atoms with Crippen LogP contribution in [0.3, 0.4) is 0 Å². The van der Waals surface area contributed by atoms with Gasteiger partial charge in [-0.3, -0.25) is 0 Å². The van der Waals surface area contributed by atoms with Crippen LogP contribution in [0, 0.1) is 0 Å². The Hall–Kier alpha value is -1.20. The van der Waals surface area contributed by atoms with Crippen molar-refractivity contribution in [3.8, 4) is 0 Å². The molecule has 0 aliphatic rings. The average Bonchev–Trinajstić information content (AvgIpc) is 2.70. The third-order valence-electron chi connectivity index (χ3n) is 4.81. The van der Waals surface area contributed by atoms with E-state index in [1.807, 2.05) is 39.0 Å². The molecule has 28 heavy (non-hydrogen) atoms. The summed E-state index contributed by atoms with van der Waals surface area (Å²) >= 11 is 0. The van der Waals surface area contributed by atoms with Crippen LogP contribution in [0.2, 0.25) is 18.1 Å². The number of ether oxygens (including phenoxy) is 3. The van der Waals surface area contributed by atoms with Crippen molar-refractivity contribution in [2.75, 3.05) is 6.61 Å². The van der Waals surface area contributed by atoms with Gasteiger partial charge in [0.05, 0.1) is 37.1 Å². The van der Waals surface area contributed by atoms with Gasteiger partial charge in [0, 0.05) is 6.61 Å². The van der Waals surface area contributed by atoms with Gasteiger partial charge in [-0.25, -0.2) is 0 Å². The molecule has 0 N–H and O–H groups in total. The molecule has 0 fully saturated rings. The lowest BCUT2D eigenvalue weighted by atomic mass is 10.3. The number of hydrogen-bond donors (Lipinski definition) is 0. The van der Waals surface area contributed by atoms with Crippen molar-refractivity contribution in [2.24, 2.45) is 0 Å². The fraction of sp³-hybridized carbons (Fsp3) is 0.739. The molecular formula is C23H44O4Si. The highest BCUT2D eigenvalue weighted by Crippen LogP contribution is 2.31. The summed E-state index contributed by atoms with van der Waals surface area (Å²) in [4.78, 5) is 0. The molecule has 0 amide bonds. The molecule has 0 radical (unpaired) electrons. The van der Waals surface area contributed by atoms with Gasteiger partial charge < -0.3 is 18.6 Å². The highest BCUT2D eigenvalue weighted by molar-refractivity contribution is 6.73. The van der Waals surface area contributed by atoms with Gasteiger partial charge in [-0.15, -0.1) is 0 Å². The van der Waals surface area contributed by atoms with Gasteiger partial charge >= 0.3 is 0 Å². The van der Waals surface area contributed by atoms with Crippen LogP contribution in [-0.4, -0.2) is 33.2 Å². The summed E-state index contributed by atoms with van der Waals surface area (Å²) in [5.74, 6) is 0. The van der Waals surface area contributed by atoms with Crippen LogP contribution in [0.1, 0.15) is 67.7 Å². The van der Waals surface area contributed by atoms with Crippen molar-refractivity contribution in [3.63, 3.8) is 0 Å². The summed E-state index contributed by atoms with van der Waals surface area (Å²) in [6.07, 6.45) is 14.8. The summed E-state index contributed by atoms with van der Waals surface area (Å²) < 4.78 is 23.7. The zero-order valence-corrected chi connectivity index (χ0v) is 20.3. The first-order valence-corrected chi connectivity index (χ1v) is 13.4. The molecule has 0 aliphatic carbocycles. The average molecular weight is 413 g/mol. The van der Waals surface area contributed by atoms with Crippen LogP contribution >= 0.6 is 0 Å². The molecule has 0 heterocycles. The first-order valence-electron chi connectivity index (χ1n) is 10.9. The molecule has 4 nitrogen and oxygen atoms in total. The van der Waals surface area contributed by atoms with Gasteiger partial charge in [0.15, 0.2) is 8.32 Å². The number of rotatable bonds is 17. The smallest absolute Gasteiger partial charge is 0.193 e. The van der Waals surface area contributed by atoms with Crippen LogP contribution < -0.4 is 0 Å². The number of allylic oxidation sites excluding steroid dienone is 3. The normalized spacial score (nSPS) is 17.7. The minimum absolute atomic E-state index is 0.205. The number of hydrogen-bond acceptors (Lipinski definition) is 4. The van der Waals surface area contributed by atoms with Crippen LogP contribution in [0.5, 0.6) is 0 Å². The highest BCUT2D eigenvalue weighted by atomic mass is 28.4. The third kappa shape index (κ3) is 13.1. The zero-order chi connectivity index (χ0) is 21.3. The second kappa shape index (κ2) is 16.7. The SMILES string of the molecule is CC=COC(C)CC[Si](CCC(C)OC=CC)(CCC(C)OC=CC)OCC. The minimum atomic E-state index is -1.91. The van der Waals surface area contributed by atoms with E-state index in [0.29, 0.717) is 0 Å². The first kappa shape index (κ1) is 26.8. The zero-order valence-electron chi connectivity index (χ0n) is 19.3. The van der Waals surface area contributed by atoms with E-state index in [1.54, 1.807) is 18.8 Å². The predicted molar refractivity (Wildman–Crippen MR) is 122 cm³/mol. The molecule has 0 saturated carbocycles. The quantitative estimate of drug-likeness (QED) is 0.191. The summed E-state index contributed by atoms with van der Waals surface area (Å²) in [5, 5.41) is 0. The minimum Gasteiger partial charge on any atom is -0.499 e. The lowest BCUT2D eigenvalue weighted by Crippen LogP contribution is -2.40. The highest BCUT2D eigenvalue weighted by Gasteiger charge is 2.35. The van der Waals surface area contributed by atoms with Crippen molar-refractivity contribution in [2.45, 2.75) is 104 Å². The van der Waals surface area contributed by atoms with Crippen LogP contribution in [0.25, 0.3) is 0 Å². The van der Waals surface area contributed by atoms with E-state index in [2.05, 4.69) is 27.7 Å². The molecule has 5 heteroatoms. The molecule has 0 aromatic carbocycles.